The molecule has 0 N–H and O–H groups in total. The van der Waals surface area contributed by atoms with Gasteiger partial charge in [0, 0.05) is 36.0 Å². The number of nitrogens with zero attached hydrogens (tertiary/aromatic N) is 2. The lowest BCUT2D eigenvalue weighted by Crippen LogP contribution is -2.39. The van der Waals surface area contributed by atoms with Crippen molar-refractivity contribution in [2.24, 2.45) is 0 Å². The molecular formula is C14H21ClN2O3S. The lowest BCUT2D eigenvalue weighted by Gasteiger charge is -2.27. The fraction of sp³-hybridized carbons (Fsp3) is 0.643. The number of rotatable bonds is 3. The first-order valence-electron chi connectivity index (χ1n) is 7.30. The monoisotopic (exact) mass is 332 g/mol. The van der Waals surface area contributed by atoms with Crippen molar-refractivity contribution in [3.8, 4) is 0 Å². The summed E-state index contributed by atoms with van der Waals surface area (Å²) >= 11 is 0. The number of aryl methyl sites for hydroxylation is 1. The number of amides is 1. The van der Waals surface area contributed by atoms with E-state index < -0.39 is 9.05 Å². The molecule has 0 radical (unpaired) electrons. The predicted molar refractivity (Wildman–Crippen MR) is 82.1 cm³/mol. The van der Waals surface area contributed by atoms with E-state index in [0.29, 0.717) is 12.2 Å². The first-order valence-corrected chi connectivity index (χ1v) is 9.61. The van der Waals surface area contributed by atoms with Gasteiger partial charge in [-0.15, -0.1) is 0 Å². The van der Waals surface area contributed by atoms with Gasteiger partial charge in [0.15, 0.2) is 0 Å². The van der Waals surface area contributed by atoms with Gasteiger partial charge in [0.25, 0.3) is 15.0 Å². The van der Waals surface area contributed by atoms with Crippen molar-refractivity contribution in [2.75, 3.05) is 6.54 Å². The molecule has 0 saturated carbocycles. The second-order valence-electron chi connectivity index (χ2n) is 5.48. The Balaban J connectivity index is 2.35. The molecule has 2 heterocycles. The summed E-state index contributed by atoms with van der Waals surface area (Å²) in [7, 11) is 1.56. The minimum atomic E-state index is -3.82. The van der Waals surface area contributed by atoms with Gasteiger partial charge in [-0.05, 0) is 32.8 Å². The highest BCUT2D eigenvalue weighted by Gasteiger charge is 2.27. The Kier molecular flexibility index (Phi) is 4.99. The van der Waals surface area contributed by atoms with Crippen molar-refractivity contribution in [3.05, 3.63) is 18.0 Å². The number of halogens is 1. The van der Waals surface area contributed by atoms with Crippen LogP contribution in [0.1, 0.15) is 50.0 Å². The first-order chi connectivity index (χ1) is 9.84. The quantitative estimate of drug-likeness (QED) is 0.800. The molecule has 0 bridgehead atoms. The zero-order chi connectivity index (χ0) is 15.6. The van der Waals surface area contributed by atoms with Gasteiger partial charge < -0.3 is 9.47 Å². The van der Waals surface area contributed by atoms with Crippen LogP contribution in [0, 0.1) is 0 Å². The van der Waals surface area contributed by atoms with Crippen LogP contribution in [0.2, 0.25) is 0 Å². The smallest absolute Gasteiger partial charge is 0.270 e. The third kappa shape index (κ3) is 3.61. The Morgan fingerprint density at radius 1 is 1.38 bits per heavy atom. The molecule has 2 rings (SSSR count). The van der Waals surface area contributed by atoms with Crippen molar-refractivity contribution in [3.63, 3.8) is 0 Å². The standard InChI is InChI=1S/C14H21ClN2O3S/c1-3-16-10-12(21(15,19)20)9-13(16)14(18)17-8-6-4-5-7-11(17)2/h9-11H,3-8H2,1-2H3. The van der Waals surface area contributed by atoms with Crippen LogP contribution in [0.15, 0.2) is 17.2 Å². The summed E-state index contributed by atoms with van der Waals surface area (Å²) in [5.74, 6) is -0.113. The number of aromatic nitrogens is 1. The van der Waals surface area contributed by atoms with Gasteiger partial charge in [-0.2, -0.15) is 0 Å². The van der Waals surface area contributed by atoms with Gasteiger partial charge in [-0.25, -0.2) is 8.42 Å². The highest BCUT2D eigenvalue weighted by Crippen LogP contribution is 2.23. The van der Waals surface area contributed by atoms with Crippen LogP contribution in [0.4, 0.5) is 0 Å². The molecule has 7 heteroatoms. The topological polar surface area (TPSA) is 59.4 Å². The Hall–Kier alpha value is -1.01. The summed E-state index contributed by atoms with van der Waals surface area (Å²) < 4.78 is 24.6. The van der Waals surface area contributed by atoms with Crippen molar-refractivity contribution < 1.29 is 13.2 Å². The Morgan fingerprint density at radius 3 is 2.71 bits per heavy atom. The van der Waals surface area contributed by atoms with Crippen molar-refractivity contribution in [1.82, 2.24) is 9.47 Å². The number of hydrogen-bond donors (Lipinski definition) is 0. The molecule has 1 fully saturated rings. The van der Waals surface area contributed by atoms with Crippen LogP contribution in [0.25, 0.3) is 0 Å². The molecule has 1 amide bonds. The average Bonchev–Trinajstić information content (AvgIpc) is 2.75. The van der Waals surface area contributed by atoms with Gasteiger partial charge in [-0.1, -0.05) is 12.8 Å². The summed E-state index contributed by atoms with van der Waals surface area (Å²) in [6.45, 7) is 5.16. The van der Waals surface area contributed by atoms with E-state index in [-0.39, 0.29) is 16.8 Å². The molecule has 5 nitrogen and oxygen atoms in total. The van der Waals surface area contributed by atoms with E-state index in [4.69, 9.17) is 10.7 Å². The van der Waals surface area contributed by atoms with E-state index in [1.54, 1.807) is 4.57 Å². The van der Waals surface area contributed by atoms with Crippen LogP contribution in [0.3, 0.4) is 0 Å². The second-order valence-corrected chi connectivity index (χ2v) is 8.05. The molecule has 1 aromatic rings. The molecule has 1 aromatic heterocycles. The zero-order valence-electron chi connectivity index (χ0n) is 12.4. The van der Waals surface area contributed by atoms with Gasteiger partial charge in [-0.3, -0.25) is 4.79 Å². The van der Waals surface area contributed by atoms with E-state index in [1.165, 1.54) is 12.3 Å². The summed E-state index contributed by atoms with van der Waals surface area (Å²) in [5, 5.41) is 0. The van der Waals surface area contributed by atoms with Gasteiger partial charge >= 0.3 is 0 Å². The maximum absolute atomic E-state index is 12.8. The summed E-state index contributed by atoms with van der Waals surface area (Å²) in [6, 6.07) is 1.56. The summed E-state index contributed by atoms with van der Waals surface area (Å²) in [6.07, 6.45) is 5.66. The zero-order valence-corrected chi connectivity index (χ0v) is 14.0. The Morgan fingerprint density at radius 2 is 2.10 bits per heavy atom. The van der Waals surface area contributed by atoms with E-state index >= 15 is 0 Å². The summed E-state index contributed by atoms with van der Waals surface area (Å²) in [4.78, 5) is 14.6. The summed E-state index contributed by atoms with van der Waals surface area (Å²) in [5.41, 5.74) is 0.394. The van der Waals surface area contributed by atoms with E-state index in [1.807, 2.05) is 18.7 Å². The SMILES string of the molecule is CCn1cc(S(=O)(=O)Cl)cc1C(=O)N1CCCCCC1C. The predicted octanol–water partition coefficient (Wildman–Crippen LogP) is 2.84. The molecule has 1 aliphatic heterocycles. The number of likely N-dealkylation sites (tertiary alicyclic amines) is 1. The van der Waals surface area contributed by atoms with Gasteiger partial charge in [0.2, 0.25) is 0 Å². The molecule has 1 aliphatic rings. The fourth-order valence-electron chi connectivity index (χ4n) is 2.78. The molecular weight excluding hydrogens is 312 g/mol. The number of carbonyl (C=O) groups is 1. The van der Waals surface area contributed by atoms with Gasteiger partial charge in [0.1, 0.15) is 10.6 Å². The van der Waals surface area contributed by atoms with Crippen LogP contribution in [-0.4, -0.2) is 36.4 Å². The van der Waals surface area contributed by atoms with Crippen molar-refractivity contribution in [2.45, 2.75) is 57.0 Å². The van der Waals surface area contributed by atoms with Crippen LogP contribution >= 0.6 is 10.7 Å². The fourth-order valence-corrected chi connectivity index (χ4v) is 3.54. The lowest BCUT2D eigenvalue weighted by molar-refractivity contribution is 0.0687. The largest absolute Gasteiger partial charge is 0.342 e. The van der Waals surface area contributed by atoms with Crippen molar-refractivity contribution in [1.29, 1.82) is 0 Å². The highest BCUT2D eigenvalue weighted by atomic mass is 35.7. The molecule has 1 atom stereocenters. The molecule has 0 aliphatic carbocycles. The van der Waals surface area contributed by atoms with Gasteiger partial charge in [0.05, 0.1) is 0 Å². The Bertz CT molecular complexity index is 624. The minimum absolute atomic E-state index is 0.0168. The molecule has 21 heavy (non-hydrogen) atoms. The molecule has 1 unspecified atom stereocenters. The van der Waals surface area contributed by atoms with E-state index in [0.717, 1.165) is 32.2 Å². The lowest BCUT2D eigenvalue weighted by atomic mass is 10.1. The highest BCUT2D eigenvalue weighted by molar-refractivity contribution is 8.13. The minimum Gasteiger partial charge on any atom is -0.342 e. The first kappa shape index (κ1) is 16.4. The molecule has 0 spiro atoms. The normalized spacial score (nSPS) is 20.3. The maximum Gasteiger partial charge on any atom is 0.270 e. The Labute approximate surface area is 130 Å². The molecule has 1 saturated heterocycles. The molecule has 118 valence electrons. The number of carbonyl (C=O) groups excluding carboxylic acids is 1. The van der Waals surface area contributed by atoms with Crippen molar-refractivity contribution >= 4 is 25.6 Å². The van der Waals surface area contributed by atoms with Crippen LogP contribution < -0.4 is 0 Å². The van der Waals surface area contributed by atoms with E-state index in [9.17, 15) is 13.2 Å². The third-order valence-corrected chi connectivity index (χ3v) is 5.35. The van der Waals surface area contributed by atoms with Crippen LogP contribution in [-0.2, 0) is 15.6 Å². The van der Waals surface area contributed by atoms with E-state index in [2.05, 4.69) is 0 Å². The average molecular weight is 333 g/mol. The van der Waals surface area contributed by atoms with Crippen LogP contribution in [0.5, 0.6) is 0 Å². The number of hydrogen-bond acceptors (Lipinski definition) is 3. The molecule has 0 aromatic carbocycles. The third-order valence-electron chi connectivity index (χ3n) is 4.03. The maximum atomic E-state index is 12.8. The second kappa shape index (κ2) is 6.40.